The summed E-state index contributed by atoms with van der Waals surface area (Å²) in [4.78, 5) is 43.0. The van der Waals surface area contributed by atoms with E-state index in [1.165, 1.54) is 33.6 Å². The number of methoxy groups -OCH3 is 1. The van der Waals surface area contributed by atoms with E-state index in [-0.39, 0.29) is 54.7 Å². The second kappa shape index (κ2) is 17.1. The zero-order chi connectivity index (χ0) is 37.6. The topological polar surface area (TPSA) is 114 Å². The van der Waals surface area contributed by atoms with E-state index < -0.39 is 17.4 Å². The number of β-lactam (4-membered cyclic amide) rings is 1. The highest BCUT2D eigenvalue weighted by Gasteiger charge is 2.54. The Bertz CT molecular complexity index is 1900. The molecule has 2 amide bonds. The second-order valence-electron chi connectivity index (χ2n) is 14.0. The number of unbranched alkanes of at least 4 members (excludes halogenated alkanes) is 1. The van der Waals surface area contributed by atoms with Crippen molar-refractivity contribution < 1.29 is 33.7 Å². The molecular formula is C42H48N2O7S2. The summed E-state index contributed by atoms with van der Waals surface area (Å²) >= 11 is 2.96. The standard InChI is InChI=1S/C42H48N2O7S2/c1-6-7-9-28-19-34(45)37(33-18-26(4)11-16-32(33)25(2)3)35(20-28)50-23-29-24-53-41-38(43-36(46)21-31-10-8-17-52-31)40(47)44(41)39(29)42(48)51-22-27-12-14-30(49-5)15-13-27/h8,10,12-15,17-20,32-33,38,41,45H,2,6-7,9,11,16,21-24H2,1,3-5H3,(H,43,46)/t32-,33+,38+,41+/m0/s1. The number of carbonyl (C=O) groups excluding carboxylic acids is 3. The number of ether oxygens (including phenoxy) is 3. The summed E-state index contributed by atoms with van der Waals surface area (Å²) in [7, 11) is 1.59. The number of esters is 1. The van der Waals surface area contributed by atoms with Gasteiger partial charge in [0.1, 0.15) is 47.6 Å². The zero-order valence-electron chi connectivity index (χ0n) is 30.8. The lowest BCUT2D eigenvalue weighted by molar-refractivity contribution is -0.153. The third-order valence-electron chi connectivity index (χ3n) is 10.1. The van der Waals surface area contributed by atoms with Crippen molar-refractivity contribution in [2.24, 2.45) is 5.92 Å². The lowest BCUT2D eigenvalue weighted by atomic mass is 9.73. The van der Waals surface area contributed by atoms with Crippen LogP contribution in [0.15, 0.2) is 89.0 Å². The second-order valence-corrected chi connectivity index (χ2v) is 16.2. The number of amides is 2. The molecule has 2 N–H and O–H groups in total. The molecule has 6 rings (SSSR count). The van der Waals surface area contributed by atoms with E-state index in [4.69, 9.17) is 14.2 Å². The third-order valence-corrected chi connectivity index (χ3v) is 12.3. The van der Waals surface area contributed by atoms with Gasteiger partial charge >= 0.3 is 5.97 Å². The highest BCUT2D eigenvalue weighted by atomic mass is 32.2. The van der Waals surface area contributed by atoms with Gasteiger partial charge in [-0.25, -0.2) is 4.79 Å². The molecule has 0 spiro atoms. The predicted octanol–water partition coefficient (Wildman–Crippen LogP) is 7.84. The van der Waals surface area contributed by atoms with Crippen molar-refractivity contribution in [3.05, 3.63) is 111 Å². The summed E-state index contributed by atoms with van der Waals surface area (Å²) < 4.78 is 17.7. The molecule has 4 atom stereocenters. The minimum Gasteiger partial charge on any atom is -0.507 e. The largest absolute Gasteiger partial charge is 0.507 e. The van der Waals surface area contributed by atoms with Gasteiger partial charge in [-0.3, -0.25) is 14.5 Å². The fraction of sp³-hybridized carbons (Fsp3) is 0.405. The van der Waals surface area contributed by atoms with Crippen molar-refractivity contribution in [3.8, 4) is 17.2 Å². The molecule has 1 aromatic heterocycles. The zero-order valence-corrected chi connectivity index (χ0v) is 32.4. The highest BCUT2D eigenvalue weighted by molar-refractivity contribution is 8.00. The first-order valence-corrected chi connectivity index (χ1v) is 20.1. The molecule has 0 unspecified atom stereocenters. The molecule has 1 saturated heterocycles. The average molecular weight is 757 g/mol. The summed E-state index contributed by atoms with van der Waals surface area (Å²) in [5, 5.41) is 15.9. The molecule has 2 aromatic carbocycles. The quantitative estimate of drug-likeness (QED) is 0.0917. The van der Waals surface area contributed by atoms with Gasteiger partial charge < -0.3 is 24.6 Å². The van der Waals surface area contributed by atoms with Gasteiger partial charge in [-0.05, 0) is 92.3 Å². The summed E-state index contributed by atoms with van der Waals surface area (Å²) in [6.45, 7) is 10.6. The van der Waals surface area contributed by atoms with Crippen molar-refractivity contribution in [2.75, 3.05) is 19.5 Å². The molecule has 9 nitrogen and oxygen atoms in total. The molecule has 3 heterocycles. The molecule has 0 saturated carbocycles. The van der Waals surface area contributed by atoms with Crippen LogP contribution in [0.4, 0.5) is 0 Å². The Hall–Kier alpha value is -4.48. The van der Waals surface area contributed by atoms with E-state index in [9.17, 15) is 19.5 Å². The first kappa shape index (κ1) is 38.3. The summed E-state index contributed by atoms with van der Waals surface area (Å²) in [6.07, 6.45) is 7.04. The maximum atomic E-state index is 14.0. The first-order valence-electron chi connectivity index (χ1n) is 18.2. The van der Waals surface area contributed by atoms with Crippen LogP contribution in [0.2, 0.25) is 0 Å². The molecule has 0 radical (unpaired) electrons. The predicted molar refractivity (Wildman–Crippen MR) is 209 cm³/mol. The van der Waals surface area contributed by atoms with Crippen molar-refractivity contribution >= 4 is 40.9 Å². The van der Waals surface area contributed by atoms with E-state index in [0.29, 0.717) is 28.4 Å². The lowest BCUT2D eigenvalue weighted by Crippen LogP contribution is -2.70. The fourth-order valence-corrected chi connectivity index (χ4v) is 9.27. The number of hydrogen-bond acceptors (Lipinski definition) is 9. The summed E-state index contributed by atoms with van der Waals surface area (Å²) in [5.74, 6) is 0.545. The number of phenols is 1. The molecule has 11 heteroatoms. The van der Waals surface area contributed by atoms with Crippen LogP contribution in [-0.2, 0) is 38.6 Å². The number of thiophene rings is 1. The molecular weight excluding hydrogens is 709 g/mol. The Morgan fingerprint density at radius 2 is 1.91 bits per heavy atom. The van der Waals surface area contributed by atoms with Crippen molar-refractivity contribution in [3.63, 3.8) is 0 Å². The van der Waals surface area contributed by atoms with Crippen molar-refractivity contribution in [2.45, 2.75) is 83.2 Å². The number of aryl methyl sites for hydroxylation is 1. The number of nitrogens with one attached hydrogen (secondary N) is 1. The van der Waals surface area contributed by atoms with Crippen LogP contribution in [0.5, 0.6) is 17.2 Å². The number of allylic oxidation sites excluding steroid dienone is 3. The average Bonchev–Trinajstić information content (AvgIpc) is 3.66. The van der Waals surface area contributed by atoms with Crippen LogP contribution in [0.3, 0.4) is 0 Å². The van der Waals surface area contributed by atoms with E-state index in [1.807, 2.05) is 48.7 Å². The Balaban J connectivity index is 1.30. The van der Waals surface area contributed by atoms with Crippen LogP contribution in [0, 0.1) is 5.92 Å². The smallest absolute Gasteiger partial charge is 0.355 e. The van der Waals surface area contributed by atoms with Gasteiger partial charge in [0.25, 0.3) is 5.91 Å². The summed E-state index contributed by atoms with van der Waals surface area (Å²) in [6, 6.07) is 14.1. The Labute approximate surface area is 320 Å². The van der Waals surface area contributed by atoms with Crippen LogP contribution in [0.1, 0.15) is 73.9 Å². The van der Waals surface area contributed by atoms with Gasteiger partial charge in [-0.15, -0.1) is 23.1 Å². The molecule has 53 heavy (non-hydrogen) atoms. The fourth-order valence-electron chi connectivity index (χ4n) is 7.24. The monoisotopic (exact) mass is 756 g/mol. The molecule has 0 bridgehead atoms. The Kier molecular flexibility index (Phi) is 12.4. The SMILES string of the molecule is C=C(C)[C@@H]1CCC(C)=C[C@H]1c1c(O)cc(CCCC)cc1OCC1=C(C(=O)OCc2ccc(OC)cc2)N2C(=O)[C@@H](NC(=O)Cc3cccs3)[C@H]2SC1. The molecule has 3 aromatic rings. The first-order chi connectivity index (χ1) is 25.6. The Morgan fingerprint density at radius 3 is 2.60 bits per heavy atom. The van der Waals surface area contributed by atoms with E-state index in [0.717, 1.165) is 53.7 Å². The number of aromatic hydroxyl groups is 1. The molecule has 1 fully saturated rings. The number of fused-ring (bicyclic) bond motifs is 1. The van der Waals surface area contributed by atoms with Gasteiger partial charge in [0.15, 0.2) is 0 Å². The summed E-state index contributed by atoms with van der Waals surface area (Å²) in [5.41, 5.74) is 5.47. The number of rotatable bonds is 15. The molecule has 2 aliphatic heterocycles. The number of nitrogens with zero attached hydrogens (tertiary/aromatic N) is 1. The number of benzene rings is 2. The maximum absolute atomic E-state index is 14.0. The third kappa shape index (κ3) is 8.68. The van der Waals surface area contributed by atoms with Crippen LogP contribution in [0.25, 0.3) is 0 Å². The number of thioether (sulfide) groups is 1. The van der Waals surface area contributed by atoms with E-state index >= 15 is 0 Å². The van der Waals surface area contributed by atoms with Gasteiger partial charge in [0.05, 0.1) is 13.5 Å². The van der Waals surface area contributed by atoms with Crippen LogP contribution in [-0.4, -0.2) is 58.7 Å². The number of phenolic OH excluding ortho intramolecular Hbond substituents is 1. The van der Waals surface area contributed by atoms with Gasteiger partial charge in [-0.1, -0.05) is 55.3 Å². The van der Waals surface area contributed by atoms with Crippen LogP contribution < -0.4 is 14.8 Å². The van der Waals surface area contributed by atoms with Crippen LogP contribution >= 0.6 is 23.1 Å². The van der Waals surface area contributed by atoms with Gasteiger partial charge in [0.2, 0.25) is 5.91 Å². The molecule has 3 aliphatic rings. The number of carbonyl (C=O) groups is 3. The number of hydrogen-bond donors (Lipinski definition) is 2. The highest BCUT2D eigenvalue weighted by Crippen LogP contribution is 2.48. The minimum absolute atomic E-state index is 0.00268. The van der Waals surface area contributed by atoms with Crippen molar-refractivity contribution in [1.29, 1.82) is 0 Å². The van der Waals surface area contributed by atoms with Crippen molar-refractivity contribution in [1.82, 2.24) is 10.2 Å². The molecule has 280 valence electrons. The Morgan fingerprint density at radius 1 is 1.11 bits per heavy atom. The maximum Gasteiger partial charge on any atom is 0.355 e. The van der Waals surface area contributed by atoms with E-state index in [2.05, 4.69) is 31.8 Å². The van der Waals surface area contributed by atoms with Gasteiger partial charge in [0, 0.05) is 27.7 Å². The lowest BCUT2D eigenvalue weighted by Gasteiger charge is -2.49. The minimum atomic E-state index is -0.765. The molecule has 1 aliphatic carbocycles. The van der Waals surface area contributed by atoms with E-state index in [1.54, 1.807) is 19.2 Å². The van der Waals surface area contributed by atoms with Gasteiger partial charge in [-0.2, -0.15) is 0 Å². The normalized spacial score (nSPS) is 20.9.